The lowest BCUT2D eigenvalue weighted by molar-refractivity contribution is 0.255. The van der Waals surface area contributed by atoms with Gasteiger partial charge < -0.3 is 5.32 Å². The van der Waals surface area contributed by atoms with Crippen molar-refractivity contribution in [2.45, 2.75) is 27.7 Å². The van der Waals surface area contributed by atoms with Gasteiger partial charge in [-0.2, -0.15) is 0 Å². The zero-order chi connectivity index (χ0) is 10.3. The van der Waals surface area contributed by atoms with Crippen molar-refractivity contribution in [3.05, 3.63) is 12.2 Å². The third-order valence-corrected chi connectivity index (χ3v) is 2.63. The Kier molecular flexibility index (Phi) is 6.44. The molecule has 0 radical (unpaired) electrons. The molecule has 0 aliphatic heterocycles. The van der Waals surface area contributed by atoms with E-state index in [1.54, 1.807) is 0 Å². The number of allylic oxidation sites excluding steroid dienone is 1. The third kappa shape index (κ3) is 7.09. The summed E-state index contributed by atoms with van der Waals surface area (Å²) in [4.78, 5) is 0. The van der Waals surface area contributed by atoms with E-state index in [1.165, 1.54) is 0 Å². The zero-order valence-corrected chi connectivity index (χ0v) is 9.99. The first kappa shape index (κ1) is 13.0. The normalized spacial score (nSPS) is 15.2. The Labute approximate surface area is 87.6 Å². The second kappa shape index (κ2) is 6.44. The Hall–Kier alpha value is -0.0100. The second-order valence-corrected chi connectivity index (χ2v) is 4.86. The molecule has 0 rings (SSSR count). The van der Waals surface area contributed by atoms with Crippen LogP contribution in [-0.4, -0.2) is 19.0 Å². The van der Waals surface area contributed by atoms with Crippen molar-refractivity contribution in [3.8, 4) is 0 Å². The van der Waals surface area contributed by atoms with Gasteiger partial charge >= 0.3 is 0 Å². The summed E-state index contributed by atoms with van der Waals surface area (Å²) in [5, 5.41) is 3.38. The molecule has 0 spiro atoms. The van der Waals surface area contributed by atoms with E-state index in [0.717, 1.165) is 13.1 Å². The average Bonchev–Trinajstić information content (AvgIpc) is 2.02. The van der Waals surface area contributed by atoms with E-state index in [2.05, 4.69) is 39.1 Å². The fourth-order valence-corrected chi connectivity index (χ4v) is 0.962. The fraction of sp³-hybridized carbons (Fsp3) is 0.818. The Morgan fingerprint density at radius 2 is 1.92 bits per heavy atom. The van der Waals surface area contributed by atoms with Gasteiger partial charge in [0, 0.05) is 12.4 Å². The minimum Gasteiger partial charge on any atom is -0.313 e. The van der Waals surface area contributed by atoms with E-state index in [0.29, 0.717) is 17.2 Å². The number of hydrogen-bond acceptors (Lipinski definition) is 1. The molecule has 0 amide bonds. The lowest BCUT2D eigenvalue weighted by atomic mass is 9.82. The first-order chi connectivity index (χ1) is 5.98. The second-order valence-electron chi connectivity index (χ2n) is 4.55. The van der Waals surface area contributed by atoms with Crippen molar-refractivity contribution in [3.63, 3.8) is 0 Å². The monoisotopic (exact) mass is 203 g/mol. The van der Waals surface area contributed by atoms with Gasteiger partial charge in [-0.25, -0.2) is 0 Å². The zero-order valence-electron chi connectivity index (χ0n) is 9.23. The molecule has 1 atom stereocenters. The Balaban J connectivity index is 3.48. The summed E-state index contributed by atoms with van der Waals surface area (Å²) >= 11 is 5.50. The number of rotatable bonds is 5. The molecule has 0 saturated carbocycles. The van der Waals surface area contributed by atoms with Crippen LogP contribution < -0.4 is 5.32 Å². The molecule has 78 valence electrons. The lowest BCUT2D eigenvalue weighted by Gasteiger charge is -2.27. The van der Waals surface area contributed by atoms with Crippen LogP contribution in [0, 0.1) is 11.3 Å². The number of hydrogen-bond donors (Lipinski definition) is 1. The smallest absolute Gasteiger partial charge is 0.0404 e. The summed E-state index contributed by atoms with van der Waals surface area (Å²) in [6.07, 6.45) is 4.04. The molecule has 1 N–H and O–H groups in total. The number of nitrogens with one attached hydrogen (secondary N) is 1. The predicted octanol–water partition coefficient (Wildman–Crippen LogP) is 3.05. The van der Waals surface area contributed by atoms with E-state index in [1.807, 2.05) is 6.08 Å². The lowest BCUT2D eigenvalue weighted by Crippen LogP contribution is -2.29. The third-order valence-electron chi connectivity index (χ3n) is 2.45. The molecule has 0 aromatic rings. The van der Waals surface area contributed by atoms with Gasteiger partial charge in [-0.15, -0.1) is 11.6 Å². The Bertz CT molecular complexity index is 147. The maximum Gasteiger partial charge on any atom is 0.0404 e. The highest BCUT2D eigenvalue weighted by Gasteiger charge is 2.18. The van der Waals surface area contributed by atoms with Crippen LogP contribution in [0.2, 0.25) is 0 Å². The van der Waals surface area contributed by atoms with Gasteiger partial charge in [0.05, 0.1) is 0 Å². The molecule has 0 bridgehead atoms. The van der Waals surface area contributed by atoms with E-state index >= 15 is 0 Å². The van der Waals surface area contributed by atoms with Crippen molar-refractivity contribution in [2.24, 2.45) is 11.3 Å². The molecule has 0 aromatic carbocycles. The first-order valence-electron chi connectivity index (χ1n) is 4.90. The fourth-order valence-electron chi connectivity index (χ4n) is 0.836. The van der Waals surface area contributed by atoms with Gasteiger partial charge in [0.2, 0.25) is 0 Å². The van der Waals surface area contributed by atoms with Crippen LogP contribution >= 0.6 is 11.6 Å². The minimum atomic E-state index is 0.392. The molecular weight excluding hydrogens is 182 g/mol. The largest absolute Gasteiger partial charge is 0.313 e. The molecule has 0 heterocycles. The standard InChI is InChI=1S/C11H22ClN/c1-10(11(2,3)4)9-13-8-6-5-7-12/h5-6,10,13H,7-9H2,1-4H3/b6-5+. The molecule has 1 unspecified atom stereocenters. The quantitative estimate of drug-likeness (QED) is 0.412. The van der Waals surface area contributed by atoms with Crippen LogP contribution in [0.4, 0.5) is 0 Å². The van der Waals surface area contributed by atoms with Crippen molar-refractivity contribution in [1.29, 1.82) is 0 Å². The van der Waals surface area contributed by atoms with Gasteiger partial charge in [-0.1, -0.05) is 39.8 Å². The van der Waals surface area contributed by atoms with Crippen molar-refractivity contribution < 1.29 is 0 Å². The molecule has 0 aliphatic rings. The Morgan fingerprint density at radius 1 is 1.31 bits per heavy atom. The summed E-state index contributed by atoms with van der Waals surface area (Å²) in [6, 6.07) is 0. The molecule has 13 heavy (non-hydrogen) atoms. The number of alkyl halides is 1. The van der Waals surface area contributed by atoms with E-state index in [4.69, 9.17) is 11.6 Å². The summed E-state index contributed by atoms with van der Waals surface area (Å²) in [5.74, 6) is 1.30. The average molecular weight is 204 g/mol. The van der Waals surface area contributed by atoms with E-state index < -0.39 is 0 Å². The van der Waals surface area contributed by atoms with Crippen LogP contribution in [0.15, 0.2) is 12.2 Å². The highest BCUT2D eigenvalue weighted by molar-refractivity contribution is 6.18. The van der Waals surface area contributed by atoms with Gasteiger partial charge in [0.15, 0.2) is 0 Å². The van der Waals surface area contributed by atoms with Crippen molar-refractivity contribution in [1.82, 2.24) is 5.32 Å². The molecule has 2 heteroatoms. The Morgan fingerprint density at radius 3 is 2.38 bits per heavy atom. The van der Waals surface area contributed by atoms with Crippen molar-refractivity contribution in [2.75, 3.05) is 19.0 Å². The van der Waals surface area contributed by atoms with Crippen LogP contribution in [0.25, 0.3) is 0 Å². The summed E-state index contributed by atoms with van der Waals surface area (Å²) in [7, 11) is 0. The van der Waals surface area contributed by atoms with Gasteiger partial charge in [-0.05, 0) is 17.9 Å². The SMILES string of the molecule is CC(CNC/C=C/CCl)C(C)(C)C. The first-order valence-corrected chi connectivity index (χ1v) is 5.43. The molecule has 0 aromatic heterocycles. The number of halogens is 1. The van der Waals surface area contributed by atoms with Crippen LogP contribution in [-0.2, 0) is 0 Å². The van der Waals surface area contributed by atoms with Gasteiger partial charge in [0.25, 0.3) is 0 Å². The van der Waals surface area contributed by atoms with Crippen LogP contribution in [0.5, 0.6) is 0 Å². The maximum absolute atomic E-state index is 5.50. The van der Waals surface area contributed by atoms with Crippen LogP contribution in [0.3, 0.4) is 0 Å². The predicted molar refractivity (Wildman–Crippen MR) is 61.3 cm³/mol. The minimum absolute atomic E-state index is 0.392. The summed E-state index contributed by atoms with van der Waals surface area (Å²) < 4.78 is 0. The highest BCUT2D eigenvalue weighted by atomic mass is 35.5. The summed E-state index contributed by atoms with van der Waals surface area (Å²) in [6.45, 7) is 11.1. The topological polar surface area (TPSA) is 12.0 Å². The molecule has 0 fully saturated rings. The summed E-state index contributed by atoms with van der Waals surface area (Å²) in [5.41, 5.74) is 0.392. The van der Waals surface area contributed by atoms with Gasteiger partial charge in [0.1, 0.15) is 0 Å². The molecular formula is C11H22ClN. The van der Waals surface area contributed by atoms with E-state index in [9.17, 15) is 0 Å². The van der Waals surface area contributed by atoms with Crippen molar-refractivity contribution >= 4 is 11.6 Å². The highest BCUT2D eigenvalue weighted by Crippen LogP contribution is 2.24. The molecule has 0 saturated heterocycles. The maximum atomic E-state index is 5.50. The molecule has 1 nitrogen and oxygen atoms in total. The molecule has 0 aliphatic carbocycles. The van der Waals surface area contributed by atoms with Gasteiger partial charge in [-0.3, -0.25) is 0 Å². The van der Waals surface area contributed by atoms with Crippen LogP contribution in [0.1, 0.15) is 27.7 Å². The van der Waals surface area contributed by atoms with E-state index in [-0.39, 0.29) is 0 Å².